The summed E-state index contributed by atoms with van der Waals surface area (Å²) in [6.07, 6.45) is 0.621. The summed E-state index contributed by atoms with van der Waals surface area (Å²) in [6, 6.07) is 9.19. The molecule has 0 saturated carbocycles. The van der Waals surface area contributed by atoms with E-state index in [1.54, 1.807) is 46.0 Å². The van der Waals surface area contributed by atoms with Crippen molar-refractivity contribution in [3.63, 3.8) is 0 Å². The van der Waals surface area contributed by atoms with Crippen molar-refractivity contribution in [2.24, 2.45) is 7.05 Å². The van der Waals surface area contributed by atoms with E-state index < -0.39 is 17.6 Å². The predicted octanol–water partition coefficient (Wildman–Crippen LogP) is 5.09. The lowest BCUT2D eigenvalue weighted by Gasteiger charge is -2.36. The Balaban J connectivity index is 1.40. The SMILES string of the molecule is Cc1ccc(C(=O)Nc2cc(N3CCC(N(C)C)CC3)cc(C(F)(F)F)c2)cc1-n1cc(-c2cnn(C)c2C)nn1. The Morgan fingerprint density at radius 2 is 1.80 bits per heavy atom. The number of rotatable bonds is 6. The number of hydrogen-bond acceptors (Lipinski definition) is 6. The van der Waals surface area contributed by atoms with E-state index in [4.69, 9.17) is 0 Å². The number of amides is 1. The van der Waals surface area contributed by atoms with E-state index in [2.05, 4.69) is 25.6 Å². The first-order chi connectivity index (χ1) is 19.4. The van der Waals surface area contributed by atoms with Crippen molar-refractivity contribution in [1.82, 2.24) is 29.7 Å². The van der Waals surface area contributed by atoms with Gasteiger partial charge in [-0.3, -0.25) is 9.48 Å². The molecular weight excluding hydrogens is 533 g/mol. The highest BCUT2D eigenvalue weighted by atomic mass is 19.4. The van der Waals surface area contributed by atoms with Crippen LogP contribution in [0.4, 0.5) is 24.5 Å². The van der Waals surface area contributed by atoms with Gasteiger partial charge in [-0.1, -0.05) is 11.3 Å². The third-order valence-corrected chi connectivity index (χ3v) is 7.79. The van der Waals surface area contributed by atoms with E-state index in [1.165, 1.54) is 0 Å². The van der Waals surface area contributed by atoms with Gasteiger partial charge in [0.2, 0.25) is 0 Å². The standard InChI is InChI=1S/C29H33F3N8O/c1-18-6-7-20(12-27(18)40-17-26(35-36-40)25-16-33-38(5)19(25)2)28(41)34-22-13-21(29(30,31)32)14-24(15-22)39-10-8-23(9-11-39)37(3)4/h6-7,12-17,23H,8-11H2,1-5H3,(H,34,41). The fraction of sp³-hybridized carbons (Fsp3) is 0.379. The number of carbonyl (C=O) groups is 1. The Morgan fingerprint density at radius 3 is 2.44 bits per heavy atom. The monoisotopic (exact) mass is 566 g/mol. The van der Waals surface area contributed by atoms with Crippen LogP contribution < -0.4 is 10.2 Å². The zero-order valence-electron chi connectivity index (χ0n) is 23.7. The van der Waals surface area contributed by atoms with Crippen molar-refractivity contribution in [3.8, 4) is 16.9 Å². The van der Waals surface area contributed by atoms with Crippen LogP contribution in [-0.4, -0.2) is 68.8 Å². The number of aromatic nitrogens is 5. The molecule has 1 aliphatic rings. The smallest absolute Gasteiger partial charge is 0.371 e. The Bertz CT molecular complexity index is 1560. The first kappa shape index (κ1) is 28.3. The van der Waals surface area contributed by atoms with E-state index >= 15 is 0 Å². The van der Waals surface area contributed by atoms with Gasteiger partial charge in [0.05, 0.1) is 23.6 Å². The van der Waals surface area contributed by atoms with Crippen LogP contribution in [0.2, 0.25) is 0 Å². The normalized spacial score (nSPS) is 14.6. The fourth-order valence-corrected chi connectivity index (χ4v) is 5.13. The van der Waals surface area contributed by atoms with Crippen LogP contribution in [0.15, 0.2) is 48.8 Å². The van der Waals surface area contributed by atoms with Gasteiger partial charge in [0.15, 0.2) is 0 Å². The molecule has 0 aliphatic carbocycles. The molecule has 5 rings (SSSR count). The molecule has 1 amide bonds. The number of anilines is 2. The second-order valence-corrected chi connectivity index (χ2v) is 10.7. The van der Waals surface area contributed by atoms with Crippen LogP contribution in [0.5, 0.6) is 0 Å². The molecule has 0 atom stereocenters. The van der Waals surface area contributed by atoms with Crippen molar-refractivity contribution >= 4 is 17.3 Å². The molecule has 0 unspecified atom stereocenters. The largest absolute Gasteiger partial charge is 0.416 e. The van der Waals surface area contributed by atoms with Crippen LogP contribution in [0.3, 0.4) is 0 Å². The minimum Gasteiger partial charge on any atom is -0.371 e. The minimum absolute atomic E-state index is 0.0896. The maximum absolute atomic E-state index is 13.8. The highest BCUT2D eigenvalue weighted by Crippen LogP contribution is 2.35. The molecule has 2 aromatic carbocycles. The lowest BCUT2D eigenvalue weighted by Crippen LogP contribution is -2.42. The van der Waals surface area contributed by atoms with Crippen molar-refractivity contribution in [2.75, 3.05) is 37.4 Å². The summed E-state index contributed by atoms with van der Waals surface area (Å²) >= 11 is 0. The van der Waals surface area contributed by atoms with Crippen molar-refractivity contribution in [1.29, 1.82) is 0 Å². The van der Waals surface area contributed by atoms with Gasteiger partial charge in [-0.15, -0.1) is 5.10 Å². The molecule has 0 bridgehead atoms. The van der Waals surface area contributed by atoms with E-state index in [1.807, 2.05) is 39.9 Å². The van der Waals surface area contributed by atoms with Crippen LogP contribution in [-0.2, 0) is 13.2 Å². The molecule has 1 aliphatic heterocycles. The van der Waals surface area contributed by atoms with Gasteiger partial charge in [0, 0.05) is 54.4 Å². The number of hydrogen-bond donors (Lipinski definition) is 1. The molecule has 1 N–H and O–H groups in total. The molecule has 2 aromatic heterocycles. The van der Waals surface area contributed by atoms with Gasteiger partial charge in [0.25, 0.3) is 5.91 Å². The van der Waals surface area contributed by atoms with E-state index in [0.29, 0.717) is 36.2 Å². The highest BCUT2D eigenvalue weighted by molar-refractivity contribution is 6.05. The van der Waals surface area contributed by atoms with Gasteiger partial charge in [-0.05, 0) is 76.7 Å². The zero-order chi connectivity index (χ0) is 29.5. The Hall–Kier alpha value is -4.19. The number of benzene rings is 2. The quantitative estimate of drug-likeness (QED) is 0.350. The number of aryl methyl sites for hydroxylation is 2. The summed E-state index contributed by atoms with van der Waals surface area (Å²) < 4.78 is 44.8. The number of piperidine rings is 1. The number of nitrogens with one attached hydrogen (secondary N) is 1. The van der Waals surface area contributed by atoms with Gasteiger partial charge >= 0.3 is 6.18 Å². The predicted molar refractivity (Wildman–Crippen MR) is 151 cm³/mol. The zero-order valence-corrected chi connectivity index (χ0v) is 23.7. The van der Waals surface area contributed by atoms with E-state index in [0.717, 1.165) is 41.8 Å². The molecule has 1 saturated heterocycles. The Labute approximate surface area is 236 Å². The first-order valence-corrected chi connectivity index (χ1v) is 13.4. The average Bonchev–Trinajstić information content (AvgIpc) is 3.54. The van der Waals surface area contributed by atoms with E-state index in [-0.39, 0.29) is 11.3 Å². The molecule has 216 valence electrons. The highest BCUT2D eigenvalue weighted by Gasteiger charge is 2.32. The summed E-state index contributed by atoms with van der Waals surface area (Å²) in [5.41, 5.74) is 3.91. The van der Waals surface area contributed by atoms with Crippen LogP contribution >= 0.6 is 0 Å². The molecular formula is C29H33F3N8O. The number of nitrogens with zero attached hydrogens (tertiary/aromatic N) is 7. The first-order valence-electron chi connectivity index (χ1n) is 13.4. The molecule has 0 spiro atoms. The van der Waals surface area contributed by atoms with Crippen molar-refractivity contribution in [2.45, 2.75) is 38.9 Å². The Morgan fingerprint density at radius 1 is 1.07 bits per heavy atom. The molecule has 41 heavy (non-hydrogen) atoms. The molecule has 12 heteroatoms. The van der Waals surface area contributed by atoms with Gasteiger partial charge in [0.1, 0.15) is 5.69 Å². The van der Waals surface area contributed by atoms with Gasteiger partial charge in [-0.2, -0.15) is 18.3 Å². The number of halogens is 3. The Kier molecular flexibility index (Phi) is 7.60. The second-order valence-electron chi connectivity index (χ2n) is 10.7. The summed E-state index contributed by atoms with van der Waals surface area (Å²) in [5, 5.41) is 15.4. The average molecular weight is 567 g/mol. The third-order valence-electron chi connectivity index (χ3n) is 7.79. The van der Waals surface area contributed by atoms with Gasteiger partial charge < -0.3 is 15.1 Å². The van der Waals surface area contributed by atoms with Crippen LogP contribution in [0.1, 0.15) is 40.0 Å². The lowest BCUT2D eigenvalue weighted by atomic mass is 10.0. The summed E-state index contributed by atoms with van der Waals surface area (Å²) in [6.45, 7) is 5.09. The minimum atomic E-state index is -4.55. The molecule has 1 fully saturated rings. The van der Waals surface area contributed by atoms with Crippen molar-refractivity contribution in [3.05, 3.63) is 71.2 Å². The maximum atomic E-state index is 13.8. The fourth-order valence-electron chi connectivity index (χ4n) is 5.13. The topological polar surface area (TPSA) is 84.1 Å². The van der Waals surface area contributed by atoms with Crippen LogP contribution in [0.25, 0.3) is 16.9 Å². The maximum Gasteiger partial charge on any atom is 0.416 e. The third kappa shape index (κ3) is 5.97. The second kappa shape index (κ2) is 11.0. The summed E-state index contributed by atoms with van der Waals surface area (Å²) in [5.74, 6) is -0.522. The van der Waals surface area contributed by atoms with Gasteiger partial charge in [-0.25, -0.2) is 4.68 Å². The molecule has 9 nitrogen and oxygen atoms in total. The number of alkyl halides is 3. The molecule has 3 heterocycles. The lowest BCUT2D eigenvalue weighted by molar-refractivity contribution is -0.137. The van der Waals surface area contributed by atoms with Crippen LogP contribution in [0, 0.1) is 13.8 Å². The molecule has 4 aromatic rings. The van der Waals surface area contributed by atoms with E-state index in [9.17, 15) is 18.0 Å². The summed E-state index contributed by atoms with van der Waals surface area (Å²) in [7, 11) is 5.87. The summed E-state index contributed by atoms with van der Waals surface area (Å²) in [4.78, 5) is 17.4. The number of carbonyl (C=O) groups excluding carboxylic acids is 1. The van der Waals surface area contributed by atoms with Crippen molar-refractivity contribution < 1.29 is 18.0 Å². The molecule has 0 radical (unpaired) electrons.